The number of allylic oxidation sites excluding steroid dienone is 1. The van der Waals surface area contributed by atoms with Crippen LogP contribution in [0.25, 0.3) is 0 Å². The molecule has 0 saturated carbocycles. The molecule has 3 heterocycles. The van der Waals surface area contributed by atoms with Gasteiger partial charge < -0.3 is 9.64 Å². The maximum atomic E-state index is 12.1. The van der Waals surface area contributed by atoms with E-state index in [1.807, 2.05) is 6.07 Å². The summed E-state index contributed by atoms with van der Waals surface area (Å²) in [6, 6.07) is 3.65. The summed E-state index contributed by atoms with van der Waals surface area (Å²) < 4.78 is 5.36. The van der Waals surface area contributed by atoms with Gasteiger partial charge in [0.2, 0.25) is 0 Å². The molecule has 7 heteroatoms. The zero-order valence-electron chi connectivity index (χ0n) is 13.6. The summed E-state index contributed by atoms with van der Waals surface area (Å²) >= 11 is 12.1. The van der Waals surface area contributed by atoms with E-state index >= 15 is 0 Å². The third kappa shape index (κ3) is 3.64. The average molecular weight is 378 g/mol. The SMILES string of the molecule is O=C1C=C(N2CCOCC2)N=C(CC2=Nc3cc(Cl)c(Cl)cc3C2)C1. The highest BCUT2D eigenvalue weighted by molar-refractivity contribution is 6.42. The zero-order chi connectivity index (χ0) is 17.4. The van der Waals surface area contributed by atoms with E-state index in [1.54, 1.807) is 12.1 Å². The van der Waals surface area contributed by atoms with Gasteiger partial charge in [0.15, 0.2) is 5.78 Å². The van der Waals surface area contributed by atoms with E-state index in [2.05, 4.69) is 9.89 Å². The van der Waals surface area contributed by atoms with Gasteiger partial charge in [-0.3, -0.25) is 9.79 Å². The zero-order valence-corrected chi connectivity index (χ0v) is 15.1. The van der Waals surface area contributed by atoms with Gasteiger partial charge in [0.05, 0.1) is 28.9 Å². The van der Waals surface area contributed by atoms with Crippen molar-refractivity contribution in [2.75, 3.05) is 26.3 Å². The van der Waals surface area contributed by atoms with Gasteiger partial charge in [0.1, 0.15) is 5.82 Å². The van der Waals surface area contributed by atoms with Gasteiger partial charge in [-0.25, -0.2) is 4.99 Å². The van der Waals surface area contributed by atoms with Gasteiger partial charge in [-0.1, -0.05) is 23.2 Å². The van der Waals surface area contributed by atoms with Crippen molar-refractivity contribution in [2.45, 2.75) is 19.3 Å². The molecule has 130 valence electrons. The molecule has 4 rings (SSSR count). The van der Waals surface area contributed by atoms with E-state index in [0.717, 1.165) is 48.0 Å². The largest absolute Gasteiger partial charge is 0.378 e. The highest BCUT2D eigenvalue weighted by Crippen LogP contribution is 2.35. The van der Waals surface area contributed by atoms with Crippen LogP contribution in [0.15, 0.2) is 34.0 Å². The van der Waals surface area contributed by atoms with Crippen LogP contribution in [-0.4, -0.2) is 48.4 Å². The number of carbonyl (C=O) groups excluding carboxylic acids is 1. The molecule has 1 fully saturated rings. The molecule has 0 unspecified atom stereocenters. The van der Waals surface area contributed by atoms with Crippen LogP contribution < -0.4 is 0 Å². The van der Waals surface area contributed by atoms with Crippen molar-refractivity contribution in [3.63, 3.8) is 0 Å². The number of halogens is 2. The monoisotopic (exact) mass is 377 g/mol. The summed E-state index contributed by atoms with van der Waals surface area (Å²) in [5, 5.41) is 1.05. The van der Waals surface area contributed by atoms with Gasteiger partial charge in [-0.15, -0.1) is 0 Å². The lowest BCUT2D eigenvalue weighted by Crippen LogP contribution is -2.36. The molecule has 0 aromatic heterocycles. The number of nitrogens with zero attached hydrogens (tertiary/aromatic N) is 3. The van der Waals surface area contributed by atoms with Gasteiger partial charge in [0.25, 0.3) is 0 Å². The molecular weight excluding hydrogens is 361 g/mol. The molecule has 0 atom stereocenters. The van der Waals surface area contributed by atoms with Crippen LogP contribution in [0.2, 0.25) is 10.0 Å². The lowest BCUT2D eigenvalue weighted by atomic mass is 10.0. The first-order chi connectivity index (χ1) is 12.1. The quantitative estimate of drug-likeness (QED) is 0.808. The van der Waals surface area contributed by atoms with Crippen LogP contribution in [0.1, 0.15) is 18.4 Å². The Bertz CT molecular complexity index is 824. The smallest absolute Gasteiger partial charge is 0.164 e. The van der Waals surface area contributed by atoms with Crippen molar-refractivity contribution in [3.8, 4) is 0 Å². The standard InChI is InChI=1S/C18H17Cl2N3O2/c19-15-6-11-5-12(21-17(11)10-16(15)20)7-13-8-14(24)9-18(22-13)23-1-3-25-4-2-23/h6,9-10H,1-5,7-8H2. The Morgan fingerprint density at radius 2 is 1.76 bits per heavy atom. The summed E-state index contributed by atoms with van der Waals surface area (Å²) in [7, 11) is 0. The second-order valence-electron chi connectivity index (χ2n) is 6.35. The van der Waals surface area contributed by atoms with Crippen LogP contribution in [0.5, 0.6) is 0 Å². The Morgan fingerprint density at radius 1 is 1.04 bits per heavy atom. The molecule has 1 saturated heterocycles. The topological polar surface area (TPSA) is 54.3 Å². The van der Waals surface area contributed by atoms with E-state index in [1.165, 1.54) is 0 Å². The van der Waals surface area contributed by atoms with Crippen molar-refractivity contribution >= 4 is 46.1 Å². The molecule has 3 aliphatic heterocycles. The number of hydrogen-bond donors (Lipinski definition) is 0. The predicted molar refractivity (Wildman–Crippen MR) is 99.4 cm³/mol. The third-order valence-corrected chi connectivity index (χ3v) is 5.20. The van der Waals surface area contributed by atoms with Crippen LogP contribution in [0.4, 0.5) is 5.69 Å². The van der Waals surface area contributed by atoms with Gasteiger partial charge in [0, 0.05) is 49.9 Å². The first kappa shape index (κ1) is 16.8. The highest BCUT2D eigenvalue weighted by Gasteiger charge is 2.23. The Morgan fingerprint density at radius 3 is 2.56 bits per heavy atom. The molecule has 0 bridgehead atoms. The van der Waals surface area contributed by atoms with E-state index in [9.17, 15) is 4.79 Å². The molecule has 1 aromatic carbocycles. The van der Waals surface area contributed by atoms with Crippen LogP contribution in [0, 0.1) is 0 Å². The number of rotatable bonds is 3. The summed E-state index contributed by atoms with van der Waals surface area (Å²) in [6.45, 7) is 2.86. The van der Waals surface area contributed by atoms with E-state index in [-0.39, 0.29) is 5.78 Å². The Kier molecular flexibility index (Phi) is 4.63. The predicted octanol–water partition coefficient (Wildman–Crippen LogP) is 3.60. The van der Waals surface area contributed by atoms with Gasteiger partial charge in [-0.2, -0.15) is 0 Å². The van der Waals surface area contributed by atoms with Crippen molar-refractivity contribution in [3.05, 3.63) is 39.6 Å². The Hall–Kier alpha value is -1.69. The Balaban J connectivity index is 1.51. The van der Waals surface area contributed by atoms with Gasteiger partial charge >= 0.3 is 0 Å². The first-order valence-electron chi connectivity index (χ1n) is 8.26. The summed E-state index contributed by atoms with van der Waals surface area (Å²) in [6.07, 6.45) is 3.30. The highest BCUT2D eigenvalue weighted by atomic mass is 35.5. The summed E-state index contributed by atoms with van der Waals surface area (Å²) in [5.41, 5.74) is 3.77. The molecule has 0 N–H and O–H groups in total. The molecule has 3 aliphatic rings. The molecule has 0 spiro atoms. The molecule has 0 radical (unpaired) electrons. The van der Waals surface area contributed by atoms with Crippen molar-refractivity contribution in [1.29, 1.82) is 0 Å². The van der Waals surface area contributed by atoms with E-state index in [0.29, 0.717) is 36.1 Å². The summed E-state index contributed by atoms with van der Waals surface area (Å²) in [4.78, 5) is 23.6. The minimum Gasteiger partial charge on any atom is -0.378 e. The number of carbonyl (C=O) groups is 1. The normalized spacial score (nSPS) is 20.2. The minimum atomic E-state index is 0.0914. The molecule has 0 aliphatic carbocycles. The average Bonchev–Trinajstić information content (AvgIpc) is 2.96. The molecule has 5 nitrogen and oxygen atoms in total. The first-order valence-corrected chi connectivity index (χ1v) is 9.02. The number of morpholine rings is 1. The number of fused-ring (bicyclic) bond motifs is 1. The number of ether oxygens (including phenoxy) is 1. The lowest BCUT2D eigenvalue weighted by molar-refractivity contribution is -0.113. The van der Waals surface area contributed by atoms with Crippen LogP contribution in [0.3, 0.4) is 0 Å². The minimum absolute atomic E-state index is 0.0914. The van der Waals surface area contributed by atoms with E-state index in [4.69, 9.17) is 32.9 Å². The maximum absolute atomic E-state index is 12.1. The molecular formula is C18H17Cl2N3O2. The fourth-order valence-corrected chi connectivity index (χ4v) is 3.62. The van der Waals surface area contributed by atoms with Crippen LogP contribution >= 0.6 is 23.2 Å². The van der Waals surface area contributed by atoms with Crippen LogP contribution in [-0.2, 0) is 16.0 Å². The third-order valence-electron chi connectivity index (χ3n) is 4.48. The molecule has 25 heavy (non-hydrogen) atoms. The van der Waals surface area contributed by atoms with Crippen molar-refractivity contribution < 1.29 is 9.53 Å². The number of ketones is 1. The Labute approximate surface area is 156 Å². The molecule has 1 aromatic rings. The summed E-state index contributed by atoms with van der Waals surface area (Å²) in [5.74, 6) is 0.838. The fourth-order valence-electron chi connectivity index (χ4n) is 3.28. The fraction of sp³-hybridized carbons (Fsp3) is 0.389. The lowest BCUT2D eigenvalue weighted by Gasteiger charge is -2.30. The maximum Gasteiger partial charge on any atom is 0.164 e. The van der Waals surface area contributed by atoms with Crippen molar-refractivity contribution in [2.24, 2.45) is 9.98 Å². The molecule has 0 amide bonds. The number of aliphatic imine (C=N–C) groups is 2. The second kappa shape index (κ2) is 6.90. The van der Waals surface area contributed by atoms with E-state index < -0.39 is 0 Å². The van der Waals surface area contributed by atoms with Gasteiger partial charge in [-0.05, 0) is 17.7 Å². The number of benzene rings is 1. The van der Waals surface area contributed by atoms with Crippen molar-refractivity contribution in [1.82, 2.24) is 4.90 Å². The number of hydrogen-bond acceptors (Lipinski definition) is 5. The second-order valence-corrected chi connectivity index (χ2v) is 7.16.